The topological polar surface area (TPSA) is 76.6 Å². The van der Waals surface area contributed by atoms with Crippen molar-refractivity contribution in [1.29, 1.82) is 0 Å². The van der Waals surface area contributed by atoms with Crippen molar-refractivity contribution in [3.05, 3.63) is 47.8 Å². The quantitative estimate of drug-likeness (QED) is 0.887. The normalized spacial score (nSPS) is 18.7. The summed E-state index contributed by atoms with van der Waals surface area (Å²) in [6.07, 6.45) is 4.08. The number of carbonyl (C=O) groups is 1. The maximum Gasteiger partial charge on any atom is 0.256 e. The average Bonchev–Trinajstić information content (AvgIpc) is 3.13. The van der Waals surface area contributed by atoms with Crippen LogP contribution in [0.4, 0.5) is 20.4 Å². The van der Waals surface area contributed by atoms with Crippen LogP contribution in [0.5, 0.6) is 0 Å². The second kappa shape index (κ2) is 7.16. The predicted molar refractivity (Wildman–Crippen MR) is 91.4 cm³/mol. The third kappa shape index (κ3) is 3.74. The minimum Gasteiger partial charge on any atom is -0.347 e. The summed E-state index contributed by atoms with van der Waals surface area (Å²) in [4.78, 5) is 22.5. The minimum absolute atomic E-state index is 0.165. The van der Waals surface area contributed by atoms with Gasteiger partial charge in [0.25, 0.3) is 5.91 Å². The molecule has 2 saturated heterocycles. The number of benzene rings is 1. The molecule has 2 aromatic rings. The molecule has 0 radical (unpaired) electrons. The third-order valence-electron chi connectivity index (χ3n) is 4.70. The zero-order valence-corrected chi connectivity index (χ0v) is 14.5. The number of hydrogen-bond donors (Lipinski definition) is 1. The highest BCUT2D eigenvalue weighted by molar-refractivity contribution is 5.93. The maximum atomic E-state index is 13.2. The lowest BCUT2D eigenvalue weighted by atomic mass is 10.0. The zero-order chi connectivity index (χ0) is 18.9. The van der Waals surface area contributed by atoms with Gasteiger partial charge in [0, 0.05) is 50.1 Å². The van der Waals surface area contributed by atoms with Gasteiger partial charge in [0.1, 0.15) is 0 Å². The Balaban J connectivity index is 1.38. The summed E-state index contributed by atoms with van der Waals surface area (Å²) in [6, 6.07) is 3.39. The van der Waals surface area contributed by atoms with E-state index in [1.165, 1.54) is 18.5 Å². The Bertz CT molecular complexity index is 831. The number of rotatable bonds is 3. The summed E-state index contributed by atoms with van der Waals surface area (Å²) >= 11 is 0. The number of aromatic nitrogens is 2. The van der Waals surface area contributed by atoms with Crippen molar-refractivity contribution < 1.29 is 23.0 Å². The lowest BCUT2D eigenvalue weighted by molar-refractivity contribution is -0.181. The lowest BCUT2D eigenvalue weighted by Gasteiger charge is -2.37. The number of piperidine rings is 1. The number of carbonyl (C=O) groups excluding carboxylic acids is 1. The fourth-order valence-electron chi connectivity index (χ4n) is 3.22. The van der Waals surface area contributed by atoms with Crippen LogP contribution in [0.15, 0.2) is 30.6 Å². The molecule has 1 N–H and O–H groups in total. The Labute approximate surface area is 154 Å². The van der Waals surface area contributed by atoms with E-state index in [0.717, 1.165) is 12.1 Å². The van der Waals surface area contributed by atoms with E-state index in [-0.39, 0.29) is 11.9 Å². The molecule has 0 bridgehead atoms. The number of nitrogens with zero attached hydrogens (tertiary/aromatic N) is 3. The van der Waals surface area contributed by atoms with E-state index in [2.05, 4.69) is 15.3 Å². The van der Waals surface area contributed by atoms with E-state index < -0.39 is 17.4 Å². The summed E-state index contributed by atoms with van der Waals surface area (Å²) in [5.74, 6) is -2.42. The Kier molecular flexibility index (Phi) is 4.71. The van der Waals surface area contributed by atoms with Gasteiger partial charge in [-0.3, -0.25) is 4.79 Å². The third-order valence-corrected chi connectivity index (χ3v) is 4.70. The number of ether oxygens (including phenoxy) is 2. The molecular formula is C18H18F2N4O3. The first kappa shape index (κ1) is 17.7. The SMILES string of the molecule is O=C(c1cnc(Nc2ccc(F)c(F)c2)nc1)N1CCC2(CC1)OCCO2. The summed E-state index contributed by atoms with van der Waals surface area (Å²) in [6.45, 7) is 2.25. The molecule has 3 heterocycles. The molecule has 9 heteroatoms. The van der Waals surface area contributed by atoms with Gasteiger partial charge in [0.2, 0.25) is 5.95 Å². The van der Waals surface area contributed by atoms with E-state index in [0.29, 0.717) is 50.4 Å². The van der Waals surface area contributed by atoms with Crippen LogP contribution in [0.1, 0.15) is 23.2 Å². The molecule has 0 aliphatic carbocycles. The van der Waals surface area contributed by atoms with Gasteiger partial charge in [-0.25, -0.2) is 18.7 Å². The molecule has 1 amide bonds. The number of likely N-dealkylation sites (tertiary alicyclic amines) is 1. The highest BCUT2D eigenvalue weighted by atomic mass is 19.2. The highest BCUT2D eigenvalue weighted by Gasteiger charge is 2.40. The van der Waals surface area contributed by atoms with Crippen LogP contribution in [0.25, 0.3) is 0 Å². The standard InChI is InChI=1S/C18H18F2N4O3/c19-14-2-1-13(9-15(14)20)23-17-21-10-12(11-22-17)16(25)24-5-3-18(4-6-24)26-7-8-27-18/h1-2,9-11H,3-8H2,(H,21,22,23). The minimum atomic E-state index is -0.968. The monoisotopic (exact) mass is 376 g/mol. The predicted octanol–water partition coefficient (Wildman–Crippen LogP) is 2.48. The summed E-state index contributed by atoms with van der Waals surface area (Å²) in [5, 5.41) is 2.76. The van der Waals surface area contributed by atoms with Gasteiger partial charge in [-0.15, -0.1) is 0 Å². The molecular weight excluding hydrogens is 358 g/mol. The molecule has 7 nitrogen and oxygen atoms in total. The maximum absolute atomic E-state index is 13.2. The molecule has 4 rings (SSSR count). The van der Waals surface area contributed by atoms with Gasteiger partial charge in [-0.1, -0.05) is 0 Å². The molecule has 2 aliphatic heterocycles. The van der Waals surface area contributed by atoms with E-state index in [4.69, 9.17) is 9.47 Å². The number of anilines is 2. The largest absolute Gasteiger partial charge is 0.347 e. The van der Waals surface area contributed by atoms with Crippen molar-refractivity contribution in [2.75, 3.05) is 31.6 Å². The Morgan fingerprint density at radius 2 is 1.74 bits per heavy atom. The first-order valence-corrected chi connectivity index (χ1v) is 8.66. The molecule has 1 aromatic carbocycles. The van der Waals surface area contributed by atoms with Gasteiger partial charge in [0.15, 0.2) is 17.4 Å². The Hall–Kier alpha value is -2.65. The van der Waals surface area contributed by atoms with Crippen LogP contribution in [-0.2, 0) is 9.47 Å². The zero-order valence-electron chi connectivity index (χ0n) is 14.5. The van der Waals surface area contributed by atoms with Gasteiger partial charge >= 0.3 is 0 Å². The summed E-state index contributed by atoms with van der Waals surface area (Å²) < 4.78 is 37.5. The first-order chi connectivity index (χ1) is 13.0. The van der Waals surface area contributed by atoms with E-state index in [9.17, 15) is 13.6 Å². The van der Waals surface area contributed by atoms with Gasteiger partial charge < -0.3 is 19.7 Å². The van der Waals surface area contributed by atoms with Crippen molar-refractivity contribution in [2.45, 2.75) is 18.6 Å². The highest BCUT2D eigenvalue weighted by Crippen LogP contribution is 2.31. The lowest BCUT2D eigenvalue weighted by Crippen LogP contribution is -2.47. The fourth-order valence-corrected chi connectivity index (χ4v) is 3.22. The molecule has 0 unspecified atom stereocenters. The fraction of sp³-hybridized carbons (Fsp3) is 0.389. The molecule has 27 heavy (non-hydrogen) atoms. The van der Waals surface area contributed by atoms with Crippen molar-refractivity contribution in [3.63, 3.8) is 0 Å². The van der Waals surface area contributed by atoms with E-state index >= 15 is 0 Å². The smallest absolute Gasteiger partial charge is 0.256 e. The summed E-state index contributed by atoms with van der Waals surface area (Å²) in [5.41, 5.74) is 0.668. The molecule has 1 spiro atoms. The number of amides is 1. The Morgan fingerprint density at radius 1 is 1.07 bits per heavy atom. The first-order valence-electron chi connectivity index (χ1n) is 8.66. The van der Waals surface area contributed by atoms with Crippen LogP contribution in [-0.4, -0.2) is 52.9 Å². The van der Waals surface area contributed by atoms with Crippen molar-refractivity contribution in [2.24, 2.45) is 0 Å². The van der Waals surface area contributed by atoms with Crippen molar-refractivity contribution in [3.8, 4) is 0 Å². The summed E-state index contributed by atoms with van der Waals surface area (Å²) in [7, 11) is 0. The number of hydrogen-bond acceptors (Lipinski definition) is 6. The molecule has 0 atom stereocenters. The number of nitrogens with one attached hydrogen (secondary N) is 1. The van der Waals surface area contributed by atoms with Crippen LogP contribution < -0.4 is 5.32 Å². The molecule has 2 aliphatic rings. The second-order valence-corrected chi connectivity index (χ2v) is 6.45. The van der Waals surface area contributed by atoms with Crippen LogP contribution in [0.3, 0.4) is 0 Å². The molecule has 2 fully saturated rings. The molecule has 1 aromatic heterocycles. The van der Waals surface area contributed by atoms with Crippen molar-refractivity contribution in [1.82, 2.24) is 14.9 Å². The van der Waals surface area contributed by atoms with Crippen LogP contribution >= 0.6 is 0 Å². The molecule has 142 valence electrons. The average molecular weight is 376 g/mol. The Morgan fingerprint density at radius 3 is 2.37 bits per heavy atom. The van der Waals surface area contributed by atoms with E-state index in [1.807, 2.05) is 0 Å². The van der Waals surface area contributed by atoms with Gasteiger partial charge in [0.05, 0.1) is 18.8 Å². The van der Waals surface area contributed by atoms with Crippen LogP contribution in [0.2, 0.25) is 0 Å². The van der Waals surface area contributed by atoms with E-state index in [1.54, 1.807) is 4.90 Å². The second-order valence-electron chi connectivity index (χ2n) is 6.45. The van der Waals surface area contributed by atoms with Crippen molar-refractivity contribution >= 4 is 17.5 Å². The van der Waals surface area contributed by atoms with Gasteiger partial charge in [-0.2, -0.15) is 0 Å². The van der Waals surface area contributed by atoms with Gasteiger partial charge in [-0.05, 0) is 12.1 Å². The number of halogens is 2. The molecule has 0 saturated carbocycles. The van der Waals surface area contributed by atoms with Crippen LogP contribution in [0, 0.1) is 11.6 Å².